The molecule has 0 bridgehead atoms. The molecule has 43 heavy (non-hydrogen) atoms. The summed E-state index contributed by atoms with van der Waals surface area (Å²) in [5, 5.41) is 1.15. The van der Waals surface area contributed by atoms with Crippen molar-refractivity contribution in [3.8, 4) is 56.5 Å². The van der Waals surface area contributed by atoms with Crippen molar-refractivity contribution in [2.24, 2.45) is 0 Å². The quantitative estimate of drug-likeness (QED) is 0.207. The first-order valence-electron chi connectivity index (χ1n) is 14.0. The zero-order valence-corrected chi connectivity index (χ0v) is 23.7. The van der Waals surface area contributed by atoms with Gasteiger partial charge in [0.25, 0.3) is 0 Å². The van der Waals surface area contributed by atoms with Crippen molar-refractivity contribution in [3.63, 3.8) is 0 Å². The molecule has 0 aliphatic heterocycles. The van der Waals surface area contributed by atoms with Crippen LogP contribution in [0.4, 0.5) is 0 Å². The van der Waals surface area contributed by atoms with Crippen LogP contribution in [-0.4, -0.2) is 24.9 Å². The zero-order chi connectivity index (χ0) is 28.6. The Morgan fingerprint density at radius 1 is 0.419 bits per heavy atom. The fourth-order valence-electron chi connectivity index (χ4n) is 5.33. The van der Waals surface area contributed by atoms with Crippen molar-refractivity contribution in [1.29, 1.82) is 0 Å². The van der Waals surface area contributed by atoms with Crippen molar-refractivity contribution < 1.29 is 0 Å². The molecule has 0 radical (unpaired) electrons. The zero-order valence-electron chi connectivity index (χ0n) is 22.9. The van der Waals surface area contributed by atoms with Gasteiger partial charge in [-0.15, -0.1) is 11.3 Å². The maximum absolute atomic E-state index is 4.98. The number of thiophene rings is 1. The Kier molecular flexibility index (Phi) is 6.24. The first kappa shape index (κ1) is 25.1. The highest BCUT2D eigenvalue weighted by molar-refractivity contribution is 7.26. The summed E-state index contributed by atoms with van der Waals surface area (Å²) in [5.74, 6) is 1.87. The lowest BCUT2D eigenvalue weighted by molar-refractivity contribution is 1.07. The second-order valence-corrected chi connectivity index (χ2v) is 11.2. The molecule has 3 heterocycles. The topological polar surface area (TPSA) is 64.5 Å². The van der Waals surface area contributed by atoms with Gasteiger partial charge in [-0.1, -0.05) is 121 Å². The van der Waals surface area contributed by atoms with E-state index >= 15 is 0 Å². The van der Waals surface area contributed by atoms with E-state index in [1.165, 1.54) is 10.3 Å². The van der Waals surface area contributed by atoms with E-state index in [1.54, 1.807) is 17.7 Å². The van der Waals surface area contributed by atoms with E-state index in [9.17, 15) is 0 Å². The minimum Gasteiger partial charge on any atom is -0.235 e. The Balaban J connectivity index is 1.25. The molecule has 6 heteroatoms. The second-order valence-electron chi connectivity index (χ2n) is 10.2. The van der Waals surface area contributed by atoms with Crippen LogP contribution in [0.3, 0.4) is 0 Å². The summed E-state index contributed by atoms with van der Waals surface area (Å²) in [5.41, 5.74) is 7.95. The van der Waals surface area contributed by atoms with E-state index in [-0.39, 0.29) is 0 Å². The third-order valence-corrected chi connectivity index (χ3v) is 8.64. The highest BCUT2D eigenvalue weighted by Crippen LogP contribution is 2.38. The molecule has 0 fully saturated rings. The largest absolute Gasteiger partial charge is 0.235 e. The van der Waals surface area contributed by atoms with Gasteiger partial charge < -0.3 is 0 Å². The van der Waals surface area contributed by atoms with E-state index < -0.39 is 0 Å². The van der Waals surface area contributed by atoms with Gasteiger partial charge >= 0.3 is 0 Å². The molecule has 0 saturated heterocycles. The first-order valence-corrected chi connectivity index (χ1v) is 14.8. The van der Waals surface area contributed by atoms with Gasteiger partial charge in [-0.25, -0.2) is 24.9 Å². The number of rotatable bonds is 5. The lowest BCUT2D eigenvalue weighted by atomic mass is 10.0. The Labute approximate surface area is 252 Å². The first-order chi connectivity index (χ1) is 21.3. The maximum atomic E-state index is 4.98. The summed E-state index contributed by atoms with van der Waals surface area (Å²) in [6.45, 7) is 0. The van der Waals surface area contributed by atoms with Crippen molar-refractivity contribution in [1.82, 2.24) is 24.9 Å². The van der Waals surface area contributed by atoms with E-state index in [1.807, 2.05) is 48.5 Å². The Bertz CT molecular complexity index is 2230. The number of nitrogens with zero attached hydrogens (tertiary/aromatic N) is 5. The van der Waals surface area contributed by atoms with Gasteiger partial charge in [-0.3, -0.25) is 0 Å². The van der Waals surface area contributed by atoms with Crippen LogP contribution < -0.4 is 0 Å². The molecule has 3 aromatic heterocycles. The summed E-state index contributed by atoms with van der Waals surface area (Å²) in [6, 6.07) is 45.4. The molecule has 5 aromatic carbocycles. The molecule has 0 N–H and O–H groups in total. The standard InChI is InChI=1S/C37H23N5S/c1-3-10-24(11-4-1)25-18-20-27(21-19-25)36-40-35(26-12-5-2-6-13-26)41-37(42-36)29-15-9-14-28(22-29)32-34-33(39-23-38-32)30-16-7-8-17-31(30)43-34/h1-23H. The van der Waals surface area contributed by atoms with Crippen molar-refractivity contribution in [2.45, 2.75) is 0 Å². The van der Waals surface area contributed by atoms with Crippen LogP contribution in [0.25, 0.3) is 76.9 Å². The third-order valence-electron chi connectivity index (χ3n) is 7.47. The number of fused-ring (bicyclic) bond motifs is 3. The molecular formula is C37H23N5S. The number of aromatic nitrogens is 5. The van der Waals surface area contributed by atoms with Gasteiger partial charge in [0.2, 0.25) is 0 Å². The second kappa shape index (κ2) is 10.7. The van der Waals surface area contributed by atoms with E-state index in [2.05, 4.69) is 89.9 Å². The van der Waals surface area contributed by atoms with Crippen LogP contribution in [-0.2, 0) is 0 Å². The molecule has 0 atom stereocenters. The van der Waals surface area contributed by atoms with Crippen molar-refractivity contribution in [3.05, 3.63) is 140 Å². The van der Waals surface area contributed by atoms with E-state index in [0.717, 1.165) is 49.1 Å². The van der Waals surface area contributed by atoms with E-state index in [0.29, 0.717) is 17.5 Å². The molecule has 0 saturated carbocycles. The molecule has 0 spiro atoms. The van der Waals surface area contributed by atoms with Gasteiger partial charge in [-0.2, -0.15) is 0 Å². The molecule has 0 amide bonds. The molecule has 5 nitrogen and oxygen atoms in total. The summed E-state index contributed by atoms with van der Waals surface area (Å²) in [6.07, 6.45) is 1.65. The van der Waals surface area contributed by atoms with Crippen LogP contribution in [0.5, 0.6) is 0 Å². The van der Waals surface area contributed by atoms with Crippen molar-refractivity contribution in [2.75, 3.05) is 0 Å². The molecule has 0 unspecified atom stereocenters. The average molecular weight is 570 g/mol. The average Bonchev–Trinajstić information content (AvgIpc) is 3.48. The van der Waals surface area contributed by atoms with Crippen LogP contribution in [0, 0.1) is 0 Å². The van der Waals surface area contributed by atoms with E-state index in [4.69, 9.17) is 19.9 Å². The Morgan fingerprint density at radius 3 is 1.70 bits per heavy atom. The highest BCUT2D eigenvalue weighted by atomic mass is 32.1. The van der Waals surface area contributed by atoms with Crippen LogP contribution in [0.15, 0.2) is 140 Å². The number of hydrogen-bond acceptors (Lipinski definition) is 6. The summed E-state index contributed by atoms with van der Waals surface area (Å²) < 4.78 is 2.27. The van der Waals surface area contributed by atoms with Crippen molar-refractivity contribution >= 4 is 31.6 Å². The molecule has 8 aromatic rings. The maximum Gasteiger partial charge on any atom is 0.164 e. The Morgan fingerprint density at radius 2 is 0.953 bits per heavy atom. The SMILES string of the molecule is c1ccc(-c2ccc(-c3nc(-c4ccccc4)nc(-c4cccc(-c5ncnc6c5sc5ccccc56)c4)n3)cc2)cc1. The minimum absolute atomic E-state index is 0.611. The monoisotopic (exact) mass is 569 g/mol. The molecule has 0 aliphatic rings. The van der Waals surface area contributed by atoms with Gasteiger partial charge in [-0.05, 0) is 23.3 Å². The lowest BCUT2D eigenvalue weighted by Gasteiger charge is -2.10. The molecule has 202 valence electrons. The minimum atomic E-state index is 0.611. The predicted molar refractivity (Wildman–Crippen MR) is 175 cm³/mol. The number of hydrogen-bond donors (Lipinski definition) is 0. The van der Waals surface area contributed by atoms with Gasteiger partial charge in [0, 0.05) is 32.3 Å². The van der Waals surface area contributed by atoms with Gasteiger partial charge in [0.15, 0.2) is 17.5 Å². The fraction of sp³-hybridized carbons (Fsp3) is 0. The smallest absolute Gasteiger partial charge is 0.164 e. The number of benzene rings is 5. The predicted octanol–water partition coefficient (Wildman–Crippen LogP) is 9.36. The molecular weight excluding hydrogens is 547 g/mol. The highest BCUT2D eigenvalue weighted by Gasteiger charge is 2.16. The fourth-order valence-corrected chi connectivity index (χ4v) is 6.50. The van der Waals surface area contributed by atoms with Gasteiger partial charge in [0.05, 0.1) is 15.9 Å². The van der Waals surface area contributed by atoms with Crippen LogP contribution >= 0.6 is 11.3 Å². The molecule has 8 rings (SSSR count). The summed E-state index contributed by atoms with van der Waals surface area (Å²) >= 11 is 1.72. The van der Waals surface area contributed by atoms with Crippen LogP contribution in [0.2, 0.25) is 0 Å². The third kappa shape index (κ3) is 4.74. The lowest BCUT2D eigenvalue weighted by Crippen LogP contribution is -2.00. The molecule has 0 aliphatic carbocycles. The summed E-state index contributed by atoms with van der Waals surface area (Å²) in [7, 11) is 0. The van der Waals surface area contributed by atoms with Crippen LogP contribution in [0.1, 0.15) is 0 Å². The van der Waals surface area contributed by atoms with Gasteiger partial charge in [0.1, 0.15) is 6.33 Å². The summed E-state index contributed by atoms with van der Waals surface area (Å²) in [4.78, 5) is 24.2. The Hall–Kier alpha value is -5.59. The normalized spacial score (nSPS) is 11.3.